The lowest BCUT2D eigenvalue weighted by atomic mass is 9.97. The van der Waals surface area contributed by atoms with E-state index in [-0.39, 0.29) is 29.6 Å². The lowest BCUT2D eigenvalue weighted by Gasteiger charge is -2.33. The number of urea groups is 1. The van der Waals surface area contributed by atoms with Crippen LogP contribution in [0.1, 0.15) is 33.6 Å². The number of nitrogens with zero attached hydrogens (tertiary/aromatic N) is 2. The third kappa shape index (κ3) is 4.02. The highest BCUT2D eigenvalue weighted by Gasteiger charge is 2.45. The molecule has 0 spiro atoms. The van der Waals surface area contributed by atoms with Gasteiger partial charge in [-0.25, -0.2) is 9.52 Å². The maximum atomic E-state index is 12.9. The summed E-state index contributed by atoms with van der Waals surface area (Å²) in [4.78, 5) is 53.0. The molecular formula is C18H26N4O5S. The van der Waals surface area contributed by atoms with Crippen LogP contribution in [0.2, 0.25) is 0 Å². The van der Waals surface area contributed by atoms with E-state index >= 15 is 0 Å². The van der Waals surface area contributed by atoms with E-state index in [4.69, 9.17) is 4.74 Å². The zero-order valence-electron chi connectivity index (χ0n) is 16.3. The number of fused-ring (bicyclic) bond motifs is 1. The Morgan fingerprint density at radius 3 is 2.54 bits per heavy atom. The van der Waals surface area contributed by atoms with Crippen molar-refractivity contribution in [1.29, 1.82) is 0 Å². The van der Waals surface area contributed by atoms with Crippen molar-refractivity contribution in [3.05, 3.63) is 10.6 Å². The summed E-state index contributed by atoms with van der Waals surface area (Å²) in [5, 5.41) is 2.72. The maximum absolute atomic E-state index is 12.9. The zero-order chi connectivity index (χ0) is 20.4. The molecule has 0 saturated carbocycles. The topological polar surface area (TPSA) is 108 Å². The van der Waals surface area contributed by atoms with Gasteiger partial charge in [-0.15, -0.1) is 0 Å². The van der Waals surface area contributed by atoms with Crippen molar-refractivity contribution in [3.63, 3.8) is 0 Å². The second-order valence-electron chi connectivity index (χ2n) is 7.49. The number of hydrogen-bond acceptors (Lipinski definition) is 7. The summed E-state index contributed by atoms with van der Waals surface area (Å²) >= 11 is 1.08. The van der Waals surface area contributed by atoms with Gasteiger partial charge in [0.15, 0.2) is 0 Å². The van der Waals surface area contributed by atoms with Crippen molar-refractivity contribution in [2.75, 3.05) is 26.2 Å². The van der Waals surface area contributed by atoms with Gasteiger partial charge in [-0.1, -0.05) is 13.8 Å². The van der Waals surface area contributed by atoms with Gasteiger partial charge in [-0.05, 0) is 37.6 Å². The maximum Gasteiger partial charge on any atom is 0.328 e. The van der Waals surface area contributed by atoms with Crippen LogP contribution in [-0.2, 0) is 19.1 Å². The van der Waals surface area contributed by atoms with E-state index in [2.05, 4.69) is 10.0 Å². The van der Waals surface area contributed by atoms with Gasteiger partial charge in [0, 0.05) is 19.6 Å². The Kier molecular flexibility index (Phi) is 6.29. The number of amides is 4. The summed E-state index contributed by atoms with van der Waals surface area (Å²) < 4.78 is 8.01. The summed E-state index contributed by atoms with van der Waals surface area (Å²) in [6, 6.07) is -1.22. The van der Waals surface area contributed by atoms with Gasteiger partial charge in [0.1, 0.15) is 10.9 Å². The summed E-state index contributed by atoms with van der Waals surface area (Å²) in [6.45, 7) is 7.17. The fourth-order valence-corrected chi connectivity index (χ4v) is 4.47. The fraction of sp³-hybridized carbons (Fsp3) is 0.667. The number of likely N-dealkylation sites (tertiary alicyclic amines) is 1. The molecule has 3 heterocycles. The van der Waals surface area contributed by atoms with Crippen molar-refractivity contribution in [3.8, 4) is 0 Å². The van der Waals surface area contributed by atoms with E-state index in [1.165, 1.54) is 4.90 Å². The van der Waals surface area contributed by atoms with Gasteiger partial charge in [-0.3, -0.25) is 19.3 Å². The fourth-order valence-electron chi connectivity index (χ4n) is 3.52. The SMILES string of the molecule is CCOC(=O)C1CCN(C(=O)C2=C3NC(=O)N(CC(C)C)C(=O)C3NS2)CC1. The Hall–Kier alpha value is -2.07. The number of carbonyl (C=O) groups excluding carboxylic acids is 4. The molecule has 0 radical (unpaired) electrons. The van der Waals surface area contributed by atoms with Crippen LogP contribution >= 0.6 is 11.9 Å². The van der Waals surface area contributed by atoms with Crippen LogP contribution in [0.15, 0.2) is 10.6 Å². The number of ether oxygens (including phenoxy) is 1. The molecule has 1 atom stereocenters. The van der Waals surface area contributed by atoms with E-state index in [0.29, 0.717) is 49.7 Å². The van der Waals surface area contributed by atoms with E-state index in [1.807, 2.05) is 13.8 Å². The van der Waals surface area contributed by atoms with Gasteiger partial charge >= 0.3 is 12.0 Å². The minimum Gasteiger partial charge on any atom is -0.466 e. The highest BCUT2D eigenvalue weighted by molar-refractivity contribution is 8.02. The highest BCUT2D eigenvalue weighted by Crippen LogP contribution is 2.33. The molecule has 2 N–H and O–H groups in total. The van der Waals surface area contributed by atoms with Gasteiger partial charge in [-0.2, -0.15) is 0 Å². The number of nitrogens with one attached hydrogen (secondary N) is 2. The number of hydrogen-bond donors (Lipinski definition) is 2. The van der Waals surface area contributed by atoms with E-state index in [9.17, 15) is 19.2 Å². The molecule has 0 aromatic rings. The molecule has 4 amide bonds. The minimum atomic E-state index is -0.725. The van der Waals surface area contributed by atoms with E-state index < -0.39 is 12.1 Å². The van der Waals surface area contributed by atoms with Crippen LogP contribution in [-0.4, -0.2) is 65.9 Å². The van der Waals surface area contributed by atoms with Crippen LogP contribution in [0.3, 0.4) is 0 Å². The van der Waals surface area contributed by atoms with Gasteiger partial charge in [0.2, 0.25) is 0 Å². The second kappa shape index (κ2) is 8.52. The number of esters is 1. The summed E-state index contributed by atoms with van der Waals surface area (Å²) in [7, 11) is 0. The standard InChI is InChI=1S/C18H26N4O5S/c1-4-27-17(25)11-5-7-21(8-6-11)16(24)14-12-13(20-28-14)15(23)22(9-10(2)3)18(26)19-12/h10-11,13,20H,4-9H2,1-3H3,(H,19,26). The molecule has 9 nitrogen and oxygen atoms in total. The molecule has 3 aliphatic heterocycles. The molecule has 0 aromatic carbocycles. The van der Waals surface area contributed by atoms with Crippen molar-refractivity contribution in [2.45, 2.75) is 39.7 Å². The van der Waals surface area contributed by atoms with E-state index in [0.717, 1.165) is 11.9 Å². The van der Waals surface area contributed by atoms with E-state index in [1.54, 1.807) is 11.8 Å². The number of carbonyl (C=O) groups is 4. The van der Waals surface area contributed by atoms with Crippen LogP contribution in [0.5, 0.6) is 0 Å². The summed E-state index contributed by atoms with van der Waals surface area (Å²) in [5.41, 5.74) is 0.331. The van der Waals surface area contributed by atoms with Crippen molar-refractivity contribution >= 4 is 35.8 Å². The molecule has 0 aliphatic carbocycles. The Morgan fingerprint density at radius 1 is 1.25 bits per heavy atom. The molecule has 1 unspecified atom stereocenters. The molecule has 2 fully saturated rings. The molecule has 28 heavy (non-hydrogen) atoms. The quantitative estimate of drug-likeness (QED) is 0.510. The molecule has 2 saturated heterocycles. The third-order valence-corrected chi connectivity index (χ3v) is 5.91. The number of piperidine rings is 1. The predicted octanol–water partition coefficient (Wildman–Crippen LogP) is 0.828. The molecule has 10 heteroatoms. The molecule has 0 aromatic heterocycles. The number of rotatable bonds is 5. The Bertz CT molecular complexity index is 715. The average Bonchev–Trinajstić information content (AvgIpc) is 3.08. The third-order valence-electron chi connectivity index (χ3n) is 4.96. The minimum absolute atomic E-state index is 0.149. The van der Waals surface area contributed by atoms with Crippen LogP contribution in [0, 0.1) is 11.8 Å². The highest BCUT2D eigenvalue weighted by atomic mass is 32.2. The monoisotopic (exact) mass is 410 g/mol. The molecule has 0 bridgehead atoms. The van der Waals surface area contributed by atoms with Crippen molar-refractivity contribution in [2.24, 2.45) is 11.8 Å². The molecule has 154 valence electrons. The summed E-state index contributed by atoms with van der Waals surface area (Å²) in [6.07, 6.45) is 1.09. The normalized spacial score (nSPS) is 23.2. The average molecular weight is 410 g/mol. The Morgan fingerprint density at radius 2 is 1.93 bits per heavy atom. The predicted molar refractivity (Wildman–Crippen MR) is 103 cm³/mol. The molecule has 3 aliphatic rings. The first-order valence-electron chi connectivity index (χ1n) is 9.58. The van der Waals surface area contributed by atoms with Crippen LogP contribution in [0.25, 0.3) is 0 Å². The summed E-state index contributed by atoms with van der Waals surface area (Å²) in [5.74, 6) is -0.837. The van der Waals surface area contributed by atoms with Crippen molar-refractivity contribution < 1.29 is 23.9 Å². The Balaban J connectivity index is 1.68. The van der Waals surface area contributed by atoms with Crippen LogP contribution < -0.4 is 10.0 Å². The van der Waals surface area contributed by atoms with Crippen molar-refractivity contribution in [1.82, 2.24) is 19.8 Å². The first-order valence-corrected chi connectivity index (χ1v) is 10.4. The Labute approximate surface area is 168 Å². The molecular weight excluding hydrogens is 384 g/mol. The molecule has 3 rings (SSSR count). The largest absolute Gasteiger partial charge is 0.466 e. The van der Waals surface area contributed by atoms with Crippen LogP contribution in [0.4, 0.5) is 4.79 Å². The lowest BCUT2D eigenvalue weighted by Crippen LogP contribution is -2.58. The number of imide groups is 1. The smallest absolute Gasteiger partial charge is 0.328 e. The first kappa shape index (κ1) is 20.7. The van der Waals surface area contributed by atoms with Gasteiger partial charge in [0.05, 0.1) is 18.2 Å². The lowest BCUT2D eigenvalue weighted by molar-refractivity contribution is -0.150. The zero-order valence-corrected chi connectivity index (χ0v) is 17.1. The van der Waals surface area contributed by atoms with Gasteiger partial charge in [0.25, 0.3) is 11.8 Å². The first-order chi connectivity index (χ1) is 13.3. The second-order valence-corrected chi connectivity index (χ2v) is 8.34. The van der Waals surface area contributed by atoms with Gasteiger partial charge < -0.3 is 15.0 Å².